The van der Waals surface area contributed by atoms with Crippen molar-refractivity contribution in [3.8, 4) is 0 Å². The molecular formula is C11H17N5O3. The number of H-pyrrole nitrogens is 1. The zero-order valence-electron chi connectivity index (χ0n) is 10.5. The summed E-state index contributed by atoms with van der Waals surface area (Å²) in [6.07, 6.45) is 4.08. The number of aliphatic carboxylic acids is 1. The first-order valence-electron chi connectivity index (χ1n) is 6.24. The average Bonchev–Trinajstić information content (AvgIpc) is 3.02. The Morgan fingerprint density at radius 2 is 2.32 bits per heavy atom. The smallest absolute Gasteiger partial charge is 0.323 e. The van der Waals surface area contributed by atoms with Crippen LogP contribution in [-0.2, 0) is 11.2 Å². The van der Waals surface area contributed by atoms with Gasteiger partial charge in [-0.25, -0.2) is 9.78 Å². The van der Waals surface area contributed by atoms with E-state index < -0.39 is 5.97 Å². The molecule has 0 unspecified atom stereocenters. The summed E-state index contributed by atoms with van der Waals surface area (Å²) in [7, 11) is 0. The van der Waals surface area contributed by atoms with Crippen molar-refractivity contribution in [2.45, 2.75) is 19.3 Å². The monoisotopic (exact) mass is 267 g/mol. The van der Waals surface area contributed by atoms with Gasteiger partial charge in [0.2, 0.25) is 0 Å². The molecule has 19 heavy (non-hydrogen) atoms. The van der Waals surface area contributed by atoms with Crippen molar-refractivity contribution in [2.75, 3.05) is 19.6 Å². The molecular weight excluding hydrogens is 250 g/mol. The Morgan fingerprint density at radius 3 is 2.89 bits per heavy atom. The number of hydrogen-bond donors (Lipinski definition) is 3. The third kappa shape index (κ3) is 4.57. The van der Waals surface area contributed by atoms with Crippen molar-refractivity contribution in [1.82, 2.24) is 25.4 Å². The maximum Gasteiger partial charge on any atom is 0.323 e. The summed E-state index contributed by atoms with van der Waals surface area (Å²) in [4.78, 5) is 27.9. The van der Waals surface area contributed by atoms with Crippen LogP contribution in [0.2, 0.25) is 0 Å². The molecule has 8 nitrogen and oxygen atoms in total. The molecule has 1 aromatic heterocycles. The van der Waals surface area contributed by atoms with Gasteiger partial charge in [-0.15, -0.1) is 0 Å². The highest BCUT2D eigenvalue weighted by atomic mass is 16.4. The van der Waals surface area contributed by atoms with Crippen molar-refractivity contribution in [1.29, 1.82) is 0 Å². The minimum atomic E-state index is -0.994. The summed E-state index contributed by atoms with van der Waals surface area (Å²) in [5.41, 5.74) is 0. The second-order valence-corrected chi connectivity index (χ2v) is 4.63. The molecule has 104 valence electrons. The van der Waals surface area contributed by atoms with Gasteiger partial charge in [0.1, 0.15) is 18.7 Å². The number of urea groups is 1. The molecule has 1 fully saturated rings. The fourth-order valence-electron chi connectivity index (χ4n) is 1.75. The Morgan fingerprint density at radius 1 is 1.53 bits per heavy atom. The van der Waals surface area contributed by atoms with Gasteiger partial charge in [0.15, 0.2) is 0 Å². The number of aromatic amines is 1. The SMILES string of the molecule is O=C(O)CN(CC1CC1)C(=O)NCCc1ncn[nH]1. The number of nitrogens with zero attached hydrogens (tertiary/aromatic N) is 3. The molecule has 1 aliphatic rings. The predicted molar refractivity (Wildman–Crippen MR) is 65.4 cm³/mol. The van der Waals surface area contributed by atoms with Crippen LogP contribution >= 0.6 is 0 Å². The van der Waals surface area contributed by atoms with Crippen LogP contribution in [0.25, 0.3) is 0 Å². The van der Waals surface area contributed by atoms with Gasteiger partial charge in [-0.05, 0) is 18.8 Å². The van der Waals surface area contributed by atoms with Gasteiger partial charge >= 0.3 is 12.0 Å². The van der Waals surface area contributed by atoms with Gasteiger partial charge in [-0.2, -0.15) is 5.10 Å². The number of carboxylic acid groups (broad SMARTS) is 1. The molecule has 0 radical (unpaired) electrons. The summed E-state index contributed by atoms with van der Waals surface area (Å²) in [5, 5.41) is 17.9. The number of carbonyl (C=O) groups is 2. The summed E-state index contributed by atoms with van der Waals surface area (Å²) >= 11 is 0. The Kier molecular flexibility index (Phi) is 4.32. The third-order valence-corrected chi connectivity index (χ3v) is 2.89. The van der Waals surface area contributed by atoms with Gasteiger partial charge in [0.25, 0.3) is 0 Å². The van der Waals surface area contributed by atoms with E-state index in [9.17, 15) is 9.59 Å². The van der Waals surface area contributed by atoms with Crippen molar-refractivity contribution < 1.29 is 14.7 Å². The van der Waals surface area contributed by atoms with E-state index in [1.807, 2.05) is 0 Å². The number of hydrogen-bond acceptors (Lipinski definition) is 4. The number of aromatic nitrogens is 3. The van der Waals surface area contributed by atoms with E-state index >= 15 is 0 Å². The summed E-state index contributed by atoms with van der Waals surface area (Å²) in [6, 6.07) is -0.339. The molecule has 0 aliphatic heterocycles. The molecule has 2 rings (SSSR count). The van der Waals surface area contributed by atoms with E-state index in [4.69, 9.17) is 5.11 Å². The van der Waals surface area contributed by atoms with Crippen molar-refractivity contribution in [3.05, 3.63) is 12.2 Å². The highest BCUT2D eigenvalue weighted by Gasteiger charge is 2.27. The largest absolute Gasteiger partial charge is 0.480 e. The maximum absolute atomic E-state index is 11.9. The minimum absolute atomic E-state index is 0.259. The Labute approximate surface area is 110 Å². The van der Waals surface area contributed by atoms with Crippen molar-refractivity contribution >= 4 is 12.0 Å². The fourth-order valence-corrected chi connectivity index (χ4v) is 1.75. The second kappa shape index (κ2) is 6.17. The van der Waals surface area contributed by atoms with Gasteiger partial charge in [0, 0.05) is 19.5 Å². The normalized spacial score (nSPS) is 14.1. The molecule has 3 N–H and O–H groups in total. The molecule has 2 amide bonds. The quantitative estimate of drug-likeness (QED) is 0.636. The van der Waals surface area contributed by atoms with Crippen molar-refractivity contribution in [2.24, 2.45) is 5.92 Å². The number of nitrogens with one attached hydrogen (secondary N) is 2. The lowest BCUT2D eigenvalue weighted by Crippen LogP contribution is -2.44. The van der Waals surface area contributed by atoms with E-state index in [0.29, 0.717) is 31.3 Å². The molecule has 0 saturated heterocycles. The van der Waals surface area contributed by atoms with Gasteiger partial charge < -0.3 is 15.3 Å². The molecule has 0 bridgehead atoms. The lowest BCUT2D eigenvalue weighted by Gasteiger charge is -2.20. The Bertz CT molecular complexity index is 430. The molecule has 1 aliphatic carbocycles. The molecule has 8 heteroatoms. The number of carboxylic acids is 1. The predicted octanol–water partition coefficient (Wildman–Crippen LogP) is -0.147. The zero-order valence-corrected chi connectivity index (χ0v) is 10.5. The highest BCUT2D eigenvalue weighted by molar-refractivity contribution is 5.80. The molecule has 1 aromatic rings. The fraction of sp³-hybridized carbons (Fsp3) is 0.636. The average molecular weight is 267 g/mol. The summed E-state index contributed by atoms with van der Waals surface area (Å²) in [6.45, 7) is 0.653. The lowest BCUT2D eigenvalue weighted by atomic mass is 10.3. The van der Waals surface area contributed by atoms with E-state index in [0.717, 1.165) is 12.8 Å². The summed E-state index contributed by atoms with van der Waals surface area (Å²) in [5.74, 6) is 0.151. The van der Waals surface area contributed by atoms with Crippen LogP contribution in [0.3, 0.4) is 0 Å². The lowest BCUT2D eigenvalue weighted by molar-refractivity contribution is -0.137. The van der Waals surface area contributed by atoms with Crippen LogP contribution in [-0.4, -0.2) is 56.8 Å². The standard InChI is InChI=1S/C11H17N5O3/c17-10(18)6-16(5-8-1-2-8)11(19)12-4-3-9-13-7-14-15-9/h7-8H,1-6H2,(H,12,19)(H,17,18)(H,13,14,15). The first-order chi connectivity index (χ1) is 9.15. The summed E-state index contributed by atoms with van der Waals surface area (Å²) < 4.78 is 0. The van der Waals surface area contributed by atoms with Crippen LogP contribution in [0.4, 0.5) is 4.79 Å². The van der Waals surface area contributed by atoms with E-state index in [-0.39, 0.29) is 12.6 Å². The van der Waals surface area contributed by atoms with Gasteiger partial charge in [-0.3, -0.25) is 9.89 Å². The molecule has 1 saturated carbocycles. The second-order valence-electron chi connectivity index (χ2n) is 4.63. The number of rotatable bonds is 7. The van der Waals surface area contributed by atoms with Crippen molar-refractivity contribution in [3.63, 3.8) is 0 Å². The number of amides is 2. The van der Waals surface area contributed by atoms with Crippen LogP contribution in [0.5, 0.6) is 0 Å². The van der Waals surface area contributed by atoms with Gasteiger partial charge in [-0.1, -0.05) is 0 Å². The van der Waals surface area contributed by atoms with Crippen LogP contribution in [0.1, 0.15) is 18.7 Å². The Balaban J connectivity index is 1.75. The van der Waals surface area contributed by atoms with Gasteiger partial charge in [0.05, 0.1) is 0 Å². The zero-order chi connectivity index (χ0) is 13.7. The molecule has 0 spiro atoms. The van der Waals surface area contributed by atoms with Crippen LogP contribution < -0.4 is 5.32 Å². The third-order valence-electron chi connectivity index (χ3n) is 2.89. The van der Waals surface area contributed by atoms with Crippen LogP contribution in [0, 0.1) is 5.92 Å². The minimum Gasteiger partial charge on any atom is -0.480 e. The van der Waals surface area contributed by atoms with Crippen LogP contribution in [0.15, 0.2) is 6.33 Å². The van der Waals surface area contributed by atoms with E-state index in [1.54, 1.807) is 0 Å². The first-order valence-corrected chi connectivity index (χ1v) is 6.24. The molecule has 1 heterocycles. The van der Waals surface area contributed by atoms with E-state index in [1.165, 1.54) is 11.2 Å². The highest BCUT2D eigenvalue weighted by Crippen LogP contribution is 2.29. The Hall–Kier alpha value is -2.12. The maximum atomic E-state index is 11.9. The topological polar surface area (TPSA) is 111 Å². The molecule has 0 atom stereocenters. The first kappa shape index (κ1) is 13.3. The van der Waals surface area contributed by atoms with E-state index in [2.05, 4.69) is 20.5 Å². The molecule has 0 aromatic carbocycles. The number of carbonyl (C=O) groups excluding carboxylic acids is 1.